The van der Waals surface area contributed by atoms with E-state index in [1.807, 2.05) is 0 Å². The van der Waals surface area contributed by atoms with Gasteiger partial charge in [0.2, 0.25) is 5.88 Å². The molecule has 0 aliphatic heterocycles. The highest BCUT2D eigenvalue weighted by molar-refractivity contribution is 6.56. The van der Waals surface area contributed by atoms with E-state index >= 15 is 0 Å². The Labute approximate surface area is 101 Å². The van der Waals surface area contributed by atoms with E-state index in [4.69, 9.17) is 39.5 Å². The van der Waals surface area contributed by atoms with Gasteiger partial charge in [-0.1, -0.05) is 11.6 Å². The van der Waals surface area contributed by atoms with Crippen LogP contribution in [0.5, 0.6) is 5.88 Å². The van der Waals surface area contributed by atoms with Gasteiger partial charge in [-0.15, -0.1) is 0 Å². The van der Waals surface area contributed by atoms with E-state index in [2.05, 4.69) is 9.72 Å². The number of halogens is 3. The third-order valence-electron chi connectivity index (χ3n) is 1.37. The van der Waals surface area contributed by atoms with Gasteiger partial charge in [0, 0.05) is 6.20 Å². The molecule has 7 heteroatoms. The molecule has 0 fully saturated rings. The number of rotatable bonds is 3. The quantitative estimate of drug-likeness (QED) is 0.625. The summed E-state index contributed by atoms with van der Waals surface area (Å²) < 4.78 is 7.07. The van der Waals surface area contributed by atoms with Crippen LogP contribution in [0.1, 0.15) is 0 Å². The lowest BCUT2D eigenvalue weighted by molar-refractivity contribution is -0.147. The molecule has 0 amide bonds. The molecule has 0 N–H and O–H groups in total. The maximum atomic E-state index is 11.1. The van der Waals surface area contributed by atoms with Gasteiger partial charge in [0.05, 0.1) is 7.11 Å². The molecule has 1 rings (SSSR count). The number of carbonyl (C=O) groups is 1. The first-order valence-electron chi connectivity index (χ1n) is 3.73. The zero-order chi connectivity index (χ0) is 11.5. The largest absolute Gasteiger partial charge is 0.464 e. The molecule has 0 aliphatic rings. The van der Waals surface area contributed by atoms with Crippen molar-refractivity contribution in [3.8, 4) is 5.88 Å². The standard InChI is InChI=1S/C8H6Cl3NO3/c1-14-7(13)8(10,11)15-6-5(9)3-2-4-12-6/h2-4H,1H3. The van der Waals surface area contributed by atoms with Gasteiger partial charge >= 0.3 is 10.5 Å². The summed E-state index contributed by atoms with van der Waals surface area (Å²) in [5.74, 6) is -0.998. The highest BCUT2D eigenvalue weighted by atomic mass is 35.5. The topological polar surface area (TPSA) is 48.4 Å². The minimum absolute atomic E-state index is 0.0467. The van der Waals surface area contributed by atoms with E-state index in [9.17, 15) is 4.79 Å². The number of hydrogen-bond acceptors (Lipinski definition) is 4. The molecule has 82 valence electrons. The first kappa shape index (κ1) is 12.4. The summed E-state index contributed by atoms with van der Waals surface area (Å²) in [6.07, 6.45) is 1.42. The maximum absolute atomic E-state index is 11.1. The number of hydrogen-bond donors (Lipinski definition) is 0. The van der Waals surface area contributed by atoms with Gasteiger partial charge in [-0.3, -0.25) is 0 Å². The van der Waals surface area contributed by atoms with Crippen molar-refractivity contribution in [2.45, 2.75) is 4.52 Å². The SMILES string of the molecule is COC(=O)C(Cl)(Cl)Oc1ncccc1Cl. The van der Waals surface area contributed by atoms with Crippen molar-refractivity contribution >= 4 is 40.8 Å². The normalized spacial score (nSPS) is 10.9. The molecule has 0 aromatic carbocycles. The highest BCUT2D eigenvalue weighted by Crippen LogP contribution is 2.30. The first-order valence-corrected chi connectivity index (χ1v) is 4.86. The molecule has 0 saturated carbocycles. The van der Waals surface area contributed by atoms with E-state index in [1.54, 1.807) is 6.07 Å². The van der Waals surface area contributed by atoms with Crippen LogP contribution in [0.2, 0.25) is 5.02 Å². The number of methoxy groups -OCH3 is 1. The fraction of sp³-hybridized carbons (Fsp3) is 0.250. The van der Waals surface area contributed by atoms with E-state index in [1.165, 1.54) is 12.3 Å². The summed E-state index contributed by atoms with van der Waals surface area (Å²) >= 11 is 16.8. The second-order valence-corrected chi connectivity index (χ2v) is 4.07. The molecular weight excluding hydrogens is 264 g/mol. The van der Waals surface area contributed by atoms with Crippen molar-refractivity contribution in [1.29, 1.82) is 0 Å². The van der Waals surface area contributed by atoms with Gasteiger partial charge in [-0.2, -0.15) is 0 Å². The molecule has 4 nitrogen and oxygen atoms in total. The van der Waals surface area contributed by atoms with Crippen LogP contribution < -0.4 is 4.74 Å². The number of pyridine rings is 1. The minimum Gasteiger partial charge on any atom is -0.464 e. The molecule has 0 aliphatic carbocycles. The summed E-state index contributed by atoms with van der Waals surface area (Å²) in [4.78, 5) is 14.8. The van der Waals surface area contributed by atoms with Gasteiger partial charge in [-0.25, -0.2) is 9.78 Å². The van der Waals surface area contributed by atoms with Crippen molar-refractivity contribution < 1.29 is 14.3 Å². The number of carbonyl (C=O) groups excluding carboxylic acids is 1. The van der Waals surface area contributed by atoms with E-state index in [0.717, 1.165) is 7.11 Å². The summed E-state index contributed by atoms with van der Waals surface area (Å²) in [6.45, 7) is 0. The maximum Gasteiger partial charge on any atom is 0.383 e. The second kappa shape index (κ2) is 4.88. The molecule has 15 heavy (non-hydrogen) atoms. The molecule has 1 aromatic rings. The smallest absolute Gasteiger partial charge is 0.383 e. The monoisotopic (exact) mass is 269 g/mol. The van der Waals surface area contributed by atoms with Crippen LogP contribution in [-0.4, -0.2) is 22.6 Å². The third kappa shape index (κ3) is 3.12. The van der Waals surface area contributed by atoms with Gasteiger partial charge < -0.3 is 9.47 Å². The zero-order valence-corrected chi connectivity index (χ0v) is 9.81. The van der Waals surface area contributed by atoms with Crippen LogP contribution in [0.3, 0.4) is 0 Å². The van der Waals surface area contributed by atoms with Crippen LogP contribution in [0.15, 0.2) is 18.3 Å². The molecule has 0 saturated heterocycles. The van der Waals surface area contributed by atoms with Crippen molar-refractivity contribution in [2.24, 2.45) is 0 Å². The van der Waals surface area contributed by atoms with E-state index < -0.39 is 10.5 Å². The molecule has 1 aromatic heterocycles. The number of nitrogens with zero attached hydrogens (tertiary/aromatic N) is 1. The Bertz CT molecular complexity index is 370. The predicted octanol–water partition coefficient (Wildman–Crippen LogP) is 2.42. The fourth-order valence-corrected chi connectivity index (χ4v) is 1.19. The minimum atomic E-state index is -2.16. The highest BCUT2D eigenvalue weighted by Gasteiger charge is 2.38. The Morgan fingerprint density at radius 1 is 1.53 bits per heavy atom. The summed E-state index contributed by atoms with van der Waals surface area (Å²) in [6, 6.07) is 3.11. The molecule has 0 atom stereocenters. The van der Waals surface area contributed by atoms with Gasteiger partial charge in [0.1, 0.15) is 5.02 Å². The van der Waals surface area contributed by atoms with Crippen LogP contribution in [0, 0.1) is 0 Å². The second-order valence-electron chi connectivity index (χ2n) is 2.40. The lowest BCUT2D eigenvalue weighted by Gasteiger charge is -2.17. The molecule has 0 spiro atoms. The van der Waals surface area contributed by atoms with Gasteiger partial charge in [-0.05, 0) is 35.3 Å². The average molecular weight is 270 g/mol. The first-order chi connectivity index (χ1) is 6.97. The Morgan fingerprint density at radius 2 is 2.20 bits per heavy atom. The van der Waals surface area contributed by atoms with Crippen LogP contribution in [0.25, 0.3) is 0 Å². The average Bonchev–Trinajstić information content (AvgIpc) is 2.20. The Hall–Kier alpha value is -0.710. The molecule has 0 unspecified atom stereocenters. The number of alkyl halides is 2. The van der Waals surface area contributed by atoms with Gasteiger partial charge in [0.15, 0.2) is 0 Å². The van der Waals surface area contributed by atoms with Crippen molar-refractivity contribution in [2.75, 3.05) is 7.11 Å². The predicted molar refractivity (Wildman–Crippen MR) is 56.3 cm³/mol. The fourth-order valence-electron chi connectivity index (χ4n) is 0.728. The lowest BCUT2D eigenvalue weighted by atomic mass is 10.5. The number of ether oxygens (including phenoxy) is 2. The van der Waals surface area contributed by atoms with E-state index in [-0.39, 0.29) is 10.9 Å². The molecule has 0 radical (unpaired) electrons. The van der Waals surface area contributed by atoms with Crippen LogP contribution >= 0.6 is 34.8 Å². The van der Waals surface area contributed by atoms with Crippen LogP contribution in [-0.2, 0) is 9.53 Å². The van der Waals surface area contributed by atoms with Crippen molar-refractivity contribution in [3.63, 3.8) is 0 Å². The van der Waals surface area contributed by atoms with E-state index in [0.29, 0.717) is 0 Å². The lowest BCUT2D eigenvalue weighted by Crippen LogP contribution is -2.34. The Morgan fingerprint density at radius 3 is 2.73 bits per heavy atom. The number of aromatic nitrogens is 1. The molecular formula is C8H6Cl3NO3. The zero-order valence-electron chi connectivity index (χ0n) is 7.54. The third-order valence-corrected chi connectivity index (χ3v) is 2.12. The Kier molecular flexibility index (Phi) is 4.02. The number of esters is 1. The summed E-state index contributed by atoms with van der Waals surface area (Å²) in [5, 5.41) is 0.187. The summed E-state index contributed by atoms with van der Waals surface area (Å²) in [5.41, 5.74) is 0. The van der Waals surface area contributed by atoms with Crippen molar-refractivity contribution in [3.05, 3.63) is 23.4 Å². The molecule has 1 heterocycles. The Balaban J connectivity index is 2.86. The summed E-state index contributed by atoms with van der Waals surface area (Å²) in [7, 11) is 1.13. The van der Waals surface area contributed by atoms with Crippen LogP contribution in [0.4, 0.5) is 0 Å². The van der Waals surface area contributed by atoms with Crippen molar-refractivity contribution in [1.82, 2.24) is 4.98 Å². The van der Waals surface area contributed by atoms with Gasteiger partial charge in [0.25, 0.3) is 0 Å². The molecule has 0 bridgehead atoms.